The first-order valence-corrected chi connectivity index (χ1v) is 7.67. The Labute approximate surface area is 131 Å². The van der Waals surface area contributed by atoms with E-state index >= 15 is 0 Å². The third-order valence-corrected chi connectivity index (χ3v) is 3.87. The Morgan fingerprint density at radius 2 is 1.82 bits per heavy atom. The number of hydrogen-bond donors (Lipinski definition) is 1. The molecule has 0 aliphatic rings. The average molecular weight is 291 g/mol. The highest BCUT2D eigenvalue weighted by atomic mass is 15.3. The molecule has 0 saturated heterocycles. The minimum atomic E-state index is 0.894. The highest BCUT2D eigenvalue weighted by Gasteiger charge is 1.99. The highest BCUT2D eigenvalue weighted by Crippen LogP contribution is 2.09. The van der Waals surface area contributed by atoms with Crippen molar-refractivity contribution in [2.24, 2.45) is 0 Å². The summed E-state index contributed by atoms with van der Waals surface area (Å²) in [5.41, 5.74) is 5.17. The van der Waals surface area contributed by atoms with E-state index in [1.54, 1.807) is 6.20 Å². The zero-order chi connectivity index (χ0) is 15.2. The predicted octanol–water partition coefficient (Wildman–Crippen LogP) is 3.51. The highest BCUT2D eigenvalue weighted by molar-refractivity contribution is 5.33. The molecule has 0 aliphatic carbocycles. The van der Waals surface area contributed by atoms with Gasteiger partial charge < -0.3 is 5.32 Å². The molecule has 2 aromatic carbocycles. The van der Waals surface area contributed by atoms with Crippen LogP contribution in [0.1, 0.15) is 16.7 Å². The molecule has 0 aliphatic heterocycles. The summed E-state index contributed by atoms with van der Waals surface area (Å²) in [6.45, 7) is 4.06. The zero-order valence-electron chi connectivity index (χ0n) is 12.9. The van der Waals surface area contributed by atoms with Gasteiger partial charge in [0.05, 0.1) is 5.69 Å². The molecule has 0 spiro atoms. The Morgan fingerprint density at radius 1 is 1.00 bits per heavy atom. The topological polar surface area (TPSA) is 29.9 Å². The summed E-state index contributed by atoms with van der Waals surface area (Å²) in [6.07, 6.45) is 4.81. The molecule has 1 heterocycles. The van der Waals surface area contributed by atoms with Gasteiger partial charge in [0.25, 0.3) is 0 Å². The zero-order valence-corrected chi connectivity index (χ0v) is 12.9. The maximum absolute atomic E-state index is 4.23. The van der Waals surface area contributed by atoms with E-state index in [-0.39, 0.29) is 0 Å². The fourth-order valence-electron chi connectivity index (χ4n) is 2.53. The first-order chi connectivity index (χ1) is 10.8. The SMILES string of the molecule is Cc1ccccc1CCNCc1ccc(-n2cccn2)cc1. The molecule has 22 heavy (non-hydrogen) atoms. The summed E-state index contributed by atoms with van der Waals surface area (Å²) in [5, 5.41) is 7.74. The Bertz CT molecular complexity index is 700. The van der Waals surface area contributed by atoms with Gasteiger partial charge >= 0.3 is 0 Å². The van der Waals surface area contributed by atoms with Crippen molar-refractivity contribution in [1.29, 1.82) is 0 Å². The van der Waals surface area contributed by atoms with Gasteiger partial charge in [0.2, 0.25) is 0 Å². The van der Waals surface area contributed by atoms with Crippen molar-refractivity contribution in [2.45, 2.75) is 19.9 Å². The summed E-state index contributed by atoms with van der Waals surface area (Å²) in [7, 11) is 0. The van der Waals surface area contributed by atoms with E-state index in [0.29, 0.717) is 0 Å². The molecule has 0 radical (unpaired) electrons. The van der Waals surface area contributed by atoms with Gasteiger partial charge in [-0.1, -0.05) is 36.4 Å². The molecule has 0 fully saturated rings. The van der Waals surface area contributed by atoms with E-state index in [2.05, 4.69) is 65.9 Å². The van der Waals surface area contributed by atoms with E-state index in [0.717, 1.165) is 25.2 Å². The maximum Gasteiger partial charge on any atom is 0.0645 e. The molecule has 0 amide bonds. The van der Waals surface area contributed by atoms with E-state index in [4.69, 9.17) is 0 Å². The van der Waals surface area contributed by atoms with E-state index in [9.17, 15) is 0 Å². The summed E-state index contributed by atoms with van der Waals surface area (Å²) in [4.78, 5) is 0. The van der Waals surface area contributed by atoms with Gasteiger partial charge in [0.1, 0.15) is 0 Å². The number of benzene rings is 2. The first-order valence-electron chi connectivity index (χ1n) is 7.67. The Kier molecular flexibility index (Phi) is 4.66. The van der Waals surface area contributed by atoms with Crippen LogP contribution in [0, 0.1) is 6.92 Å². The predicted molar refractivity (Wildman–Crippen MR) is 90.2 cm³/mol. The summed E-state index contributed by atoms with van der Waals surface area (Å²) in [5.74, 6) is 0. The van der Waals surface area contributed by atoms with Crippen molar-refractivity contribution >= 4 is 0 Å². The number of hydrogen-bond acceptors (Lipinski definition) is 2. The van der Waals surface area contributed by atoms with Gasteiger partial charge in [-0.2, -0.15) is 5.10 Å². The molecule has 0 unspecified atom stereocenters. The van der Waals surface area contributed by atoms with Gasteiger partial charge in [0, 0.05) is 18.9 Å². The number of nitrogens with zero attached hydrogens (tertiary/aromatic N) is 2. The smallest absolute Gasteiger partial charge is 0.0645 e. The Hall–Kier alpha value is -2.39. The quantitative estimate of drug-likeness (QED) is 0.704. The molecule has 0 bridgehead atoms. The van der Waals surface area contributed by atoms with Crippen LogP contribution in [-0.2, 0) is 13.0 Å². The van der Waals surface area contributed by atoms with Crippen LogP contribution in [0.3, 0.4) is 0 Å². The van der Waals surface area contributed by atoms with Gasteiger partial charge in [0.15, 0.2) is 0 Å². The van der Waals surface area contributed by atoms with Crippen molar-refractivity contribution in [3.05, 3.63) is 83.7 Å². The summed E-state index contributed by atoms with van der Waals surface area (Å²) >= 11 is 0. The molecule has 0 atom stereocenters. The van der Waals surface area contributed by atoms with Crippen molar-refractivity contribution in [2.75, 3.05) is 6.54 Å². The molecule has 1 N–H and O–H groups in total. The molecular formula is C19H21N3. The minimum Gasteiger partial charge on any atom is -0.312 e. The Balaban J connectivity index is 1.49. The summed E-state index contributed by atoms with van der Waals surface area (Å²) < 4.78 is 1.87. The lowest BCUT2D eigenvalue weighted by Crippen LogP contribution is -2.17. The first kappa shape index (κ1) is 14.5. The number of aryl methyl sites for hydroxylation is 1. The van der Waals surface area contributed by atoms with Crippen LogP contribution in [0.5, 0.6) is 0 Å². The normalized spacial score (nSPS) is 10.8. The van der Waals surface area contributed by atoms with Crippen LogP contribution < -0.4 is 5.32 Å². The van der Waals surface area contributed by atoms with Crippen molar-refractivity contribution < 1.29 is 0 Å². The molecule has 3 rings (SSSR count). The second-order valence-corrected chi connectivity index (χ2v) is 5.47. The molecular weight excluding hydrogens is 270 g/mol. The van der Waals surface area contributed by atoms with Gasteiger partial charge in [-0.3, -0.25) is 0 Å². The van der Waals surface area contributed by atoms with Crippen molar-refractivity contribution in [3.63, 3.8) is 0 Å². The molecule has 1 aromatic heterocycles. The average Bonchev–Trinajstić information content (AvgIpc) is 3.08. The van der Waals surface area contributed by atoms with Crippen LogP contribution in [0.4, 0.5) is 0 Å². The fraction of sp³-hybridized carbons (Fsp3) is 0.211. The third-order valence-electron chi connectivity index (χ3n) is 3.87. The number of nitrogens with one attached hydrogen (secondary N) is 1. The van der Waals surface area contributed by atoms with Crippen LogP contribution in [0.2, 0.25) is 0 Å². The third kappa shape index (κ3) is 3.62. The largest absolute Gasteiger partial charge is 0.312 e. The van der Waals surface area contributed by atoms with E-state index in [1.807, 2.05) is 16.9 Å². The van der Waals surface area contributed by atoms with Crippen molar-refractivity contribution in [1.82, 2.24) is 15.1 Å². The molecule has 3 nitrogen and oxygen atoms in total. The number of aromatic nitrogens is 2. The van der Waals surface area contributed by atoms with Gasteiger partial charge in [-0.05, 0) is 54.8 Å². The molecule has 3 heteroatoms. The second kappa shape index (κ2) is 7.05. The maximum atomic E-state index is 4.23. The molecule has 0 saturated carbocycles. The van der Waals surface area contributed by atoms with Crippen LogP contribution in [0.25, 0.3) is 5.69 Å². The standard InChI is InChI=1S/C19H21N3/c1-16-5-2-3-6-18(16)11-13-20-15-17-7-9-19(10-8-17)22-14-4-12-21-22/h2-10,12,14,20H,11,13,15H2,1H3. The van der Waals surface area contributed by atoms with Crippen molar-refractivity contribution in [3.8, 4) is 5.69 Å². The van der Waals surface area contributed by atoms with Crippen LogP contribution in [-0.4, -0.2) is 16.3 Å². The summed E-state index contributed by atoms with van der Waals surface area (Å²) in [6, 6.07) is 19.0. The molecule has 112 valence electrons. The Morgan fingerprint density at radius 3 is 2.55 bits per heavy atom. The lowest BCUT2D eigenvalue weighted by Gasteiger charge is -2.08. The van der Waals surface area contributed by atoms with E-state index in [1.165, 1.54) is 16.7 Å². The van der Waals surface area contributed by atoms with Gasteiger partial charge in [-0.15, -0.1) is 0 Å². The van der Waals surface area contributed by atoms with Crippen LogP contribution in [0.15, 0.2) is 67.0 Å². The van der Waals surface area contributed by atoms with Gasteiger partial charge in [-0.25, -0.2) is 4.68 Å². The fourth-order valence-corrected chi connectivity index (χ4v) is 2.53. The number of rotatable bonds is 6. The van der Waals surface area contributed by atoms with Crippen LogP contribution >= 0.6 is 0 Å². The lowest BCUT2D eigenvalue weighted by molar-refractivity contribution is 0.685. The monoisotopic (exact) mass is 291 g/mol. The lowest BCUT2D eigenvalue weighted by atomic mass is 10.1. The van der Waals surface area contributed by atoms with E-state index < -0.39 is 0 Å². The second-order valence-electron chi connectivity index (χ2n) is 5.47. The minimum absolute atomic E-state index is 0.894. The molecule has 3 aromatic rings.